The van der Waals surface area contributed by atoms with E-state index in [2.05, 4.69) is 50.3 Å². The molecule has 0 aliphatic rings. The SMILES string of the molecule is CC/C=C\C/C=C\C/C=C\CCCCCC(=O)OC(CO)COCCCCCCCCCCCCCCCCCCCCCCCC. The molecule has 1 unspecified atom stereocenters. The van der Waals surface area contributed by atoms with Crippen LogP contribution in [0.3, 0.4) is 0 Å². The molecule has 47 heavy (non-hydrogen) atoms. The molecule has 0 saturated heterocycles. The third kappa shape index (κ3) is 38.9. The van der Waals surface area contributed by atoms with E-state index in [1.165, 1.54) is 135 Å². The van der Waals surface area contributed by atoms with Crippen LogP contribution in [0, 0.1) is 0 Å². The topological polar surface area (TPSA) is 55.8 Å². The summed E-state index contributed by atoms with van der Waals surface area (Å²) in [6, 6.07) is 0. The maximum atomic E-state index is 12.1. The lowest BCUT2D eigenvalue weighted by Gasteiger charge is -2.15. The normalized spacial score (nSPS) is 12.7. The van der Waals surface area contributed by atoms with Crippen LogP contribution >= 0.6 is 0 Å². The summed E-state index contributed by atoms with van der Waals surface area (Å²) in [4.78, 5) is 12.1. The Morgan fingerprint density at radius 2 is 0.957 bits per heavy atom. The summed E-state index contributed by atoms with van der Waals surface area (Å²) < 4.78 is 11.1. The number of ether oxygens (including phenoxy) is 2. The monoisotopic (exact) mass is 661 g/mol. The first-order valence-electron chi connectivity index (χ1n) is 20.6. The van der Waals surface area contributed by atoms with Crippen molar-refractivity contribution in [2.75, 3.05) is 19.8 Å². The van der Waals surface area contributed by atoms with Crippen molar-refractivity contribution >= 4 is 5.97 Å². The predicted octanol–water partition coefficient (Wildman–Crippen LogP) is 13.3. The van der Waals surface area contributed by atoms with Crippen molar-refractivity contribution in [2.24, 2.45) is 0 Å². The van der Waals surface area contributed by atoms with Crippen molar-refractivity contribution in [3.63, 3.8) is 0 Å². The molecule has 1 N–H and O–H groups in total. The summed E-state index contributed by atoms with van der Waals surface area (Å²) in [6.45, 7) is 5.22. The molecular weight excluding hydrogens is 580 g/mol. The highest BCUT2D eigenvalue weighted by Crippen LogP contribution is 2.15. The predicted molar refractivity (Wildman–Crippen MR) is 205 cm³/mol. The number of aliphatic hydroxyl groups is 1. The fourth-order valence-corrected chi connectivity index (χ4v) is 5.93. The van der Waals surface area contributed by atoms with Crippen molar-refractivity contribution in [3.8, 4) is 0 Å². The van der Waals surface area contributed by atoms with Crippen molar-refractivity contribution in [2.45, 2.75) is 213 Å². The molecule has 276 valence electrons. The van der Waals surface area contributed by atoms with E-state index in [1.807, 2.05) is 0 Å². The van der Waals surface area contributed by atoms with E-state index in [0.717, 1.165) is 51.4 Å². The summed E-state index contributed by atoms with van der Waals surface area (Å²) in [5, 5.41) is 9.57. The molecule has 4 heteroatoms. The van der Waals surface area contributed by atoms with Gasteiger partial charge >= 0.3 is 5.97 Å². The summed E-state index contributed by atoms with van der Waals surface area (Å²) in [6.07, 6.45) is 50.7. The molecule has 4 nitrogen and oxygen atoms in total. The van der Waals surface area contributed by atoms with E-state index >= 15 is 0 Å². The second-order valence-corrected chi connectivity index (χ2v) is 13.7. The zero-order valence-electron chi connectivity index (χ0n) is 31.5. The van der Waals surface area contributed by atoms with Gasteiger partial charge in [-0.05, 0) is 44.9 Å². The van der Waals surface area contributed by atoms with Gasteiger partial charge < -0.3 is 14.6 Å². The third-order valence-corrected chi connectivity index (χ3v) is 8.98. The van der Waals surface area contributed by atoms with Gasteiger partial charge in [-0.3, -0.25) is 4.79 Å². The Hall–Kier alpha value is -1.39. The second kappa shape index (κ2) is 40.8. The van der Waals surface area contributed by atoms with Gasteiger partial charge in [-0.2, -0.15) is 0 Å². The first kappa shape index (κ1) is 45.6. The fourth-order valence-electron chi connectivity index (χ4n) is 5.93. The highest BCUT2D eigenvalue weighted by molar-refractivity contribution is 5.69. The molecule has 0 aromatic rings. The maximum Gasteiger partial charge on any atom is 0.306 e. The van der Waals surface area contributed by atoms with Crippen LogP contribution in [0.4, 0.5) is 0 Å². The molecule has 0 radical (unpaired) electrons. The Balaban J connectivity index is 3.39. The van der Waals surface area contributed by atoms with Gasteiger partial charge in [0.05, 0.1) is 13.2 Å². The van der Waals surface area contributed by atoms with Gasteiger partial charge in [-0.15, -0.1) is 0 Å². The lowest BCUT2D eigenvalue weighted by molar-refractivity contribution is -0.154. The van der Waals surface area contributed by atoms with Crippen molar-refractivity contribution < 1.29 is 19.4 Å². The van der Waals surface area contributed by atoms with Crippen molar-refractivity contribution in [3.05, 3.63) is 36.5 Å². The molecule has 0 aliphatic heterocycles. The van der Waals surface area contributed by atoms with E-state index in [9.17, 15) is 9.90 Å². The largest absolute Gasteiger partial charge is 0.457 e. The summed E-state index contributed by atoms with van der Waals surface area (Å²) in [5.74, 6) is -0.227. The molecule has 0 aromatic carbocycles. The lowest BCUT2D eigenvalue weighted by atomic mass is 10.0. The maximum absolute atomic E-state index is 12.1. The van der Waals surface area contributed by atoms with Crippen molar-refractivity contribution in [1.82, 2.24) is 0 Å². The van der Waals surface area contributed by atoms with Crippen LogP contribution in [0.5, 0.6) is 0 Å². The van der Waals surface area contributed by atoms with Crippen LogP contribution in [0.15, 0.2) is 36.5 Å². The molecule has 0 aromatic heterocycles. The quantitative estimate of drug-likeness (QED) is 0.0407. The molecule has 1 atom stereocenters. The molecule has 0 heterocycles. The summed E-state index contributed by atoms with van der Waals surface area (Å²) in [7, 11) is 0. The number of carbonyl (C=O) groups is 1. The average molecular weight is 661 g/mol. The molecule has 0 rings (SSSR count). The van der Waals surface area contributed by atoms with Gasteiger partial charge in [-0.25, -0.2) is 0 Å². The number of esters is 1. The Bertz CT molecular complexity index is 698. The van der Waals surface area contributed by atoms with E-state index in [4.69, 9.17) is 9.47 Å². The van der Waals surface area contributed by atoms with Crippen LogP contribution < -0.4 is 0 Å². The minimum atomic E-state index is -0.546. The zero-order chi connectivity index (χ0) is 34.1. The standard InChI is InChI=1S/C43H80O4/c1-3-5-7-9-11-13-15-17-18-19-20-21-22-23-24-25-27-29-31-33-35-37-39-46-41-42(40-44)47-43(45)38-36-34-32-30-28-26-16-14-12-10-8-6-4-2/h6,8,12,14,26,28,42,44H,3-5,7,9-11,13,15-25,27,29-41H2,1-2H3/b8-6-,14-12-,28-26-. The van der Waals surface area contributed by atoms with Crippen LogP contribution in [-0.4, -0.2) is 37.0 Å². The highest BCUT2D eigenvalue weighted by atomic mass is 16.6. The zero-order valence-corrected chi connectivity index (χ0v) is 31.5. The molecule has 0 aliphatic carbocycles. The lowest BCUT2D eigenvalue weighted by Crippen LogP contribution is -2.27. The van der Waals surface area contributed by atoms with Crippen LogP contribution in [-0.2, 0) is 14.3 Å². The van der Waals surface area contributed by atoms with Crippen LogP contribution in [0.1, 0.15) is 206 Å². The summed E-state index contributed by atoms with van der Waals surface area (Å²) >= 11 is 0. The average Bonchev–Trinajstić information content (AvgIpc) is 3.08. The molecule has 0 saturated carbocycles. The number of hydrogen-bond acceptors (Lipinski definition) is 4. The molecule has 0 amide bonds. The first-order valence-corrected chi connectivity index (χ1v) is 20.6. The number of rotatable bonds is 38. The third-order valence-electron chi connectivity index (χ3n) is 8.98. The van der Waals surface area contributed by atoms with E-state index in [1.54, 1.807) is 0 Å². The van der Waals surface area contributed by atoms with Crippen LogP contribution in [0.25, 0.3) is 0 Å². The van der Waals surface area contributed by atoms with Crippen molar-refractivity contribution in [1.29, 1.82) is 0 Å². The Morgan fingerprint density at radius 1 is 0.532 bits per heavy atom. The molecule has 0 bridgehead atoms. The van der Waals surface area contributed by atoms with E-state index in [-0.39, 0.29) is 19.2 Å². The molecule has 0 spiro atoms. The smallest absolute Gasteiger partial charge is 0.306 e. The van der Waals surface area contributed by atoms with Gasteiger partial charge in [0, 0.05) is 13.0 Å². The van der Waals surface area contributed by atoms with Gasteiger partial charge in [-0.1, -0.05) is 192 Å². The van der Waals surface area contributed by atoms with Gasteiger partial charge in [0.15, 0.2) is 0 Å². The van der Waals surface area contributed by atoms with Crippen LogP contribution in [0.2, 0.25) is 0 Å². The number of carbonyl (C=O) groups excluding carboxylic acids is 1. The summed E-state index contributed by atoms with van der Waals surface area (Å²) in [5.41, 5.74) is 0. The highest BCUT2D eigenvalue weighted by Gasteiger charge is 2.13. The number of unbranched alkanes of at least 4 members (excludes halogenated alkanes) is 24. The van der Waals surface area contributed by atoms with E-state index in [0.29, 0.717) is 13.0 Å². The van der Waals surface area contributed by atoms with Gasteiger partial charge in [0.25, 0.3) is 0 Å². The van der Waals surface area contributed by atoms with Gasteiger partial charge in [0.2, 0.25) is 0 Å². The minimum Gasteiger partial charge on any atom is -0.457 e. The fraction of sp³-hybridized carbons (Fsp3) is 0.837. The molecule has 0 fully saturated rings. The molecular formula is C43H80O4. The number of aliphatic hydroxyl groups excluding tert-OH is 1. The Kier molecular flexibility index (Phi) is 39.6. The number of allylic oxidation sites excluding steroid dienone is 6. The van der Waals surface area contributed by atoms with E-state index < -0.39 is 6.10 Å². The Morgan fingerprint density at radius 3 is 1.43 bits per heavy atom. The minimum absolute atomic E-state index is 0.181. The first-order chi connectivity index (χ1) is 23.2. The Labute approximate surface area is 293 Å². The van der Waals surface area contributed by atoms with Gasteiger partial charge in [0.1, 0.15) is 6.10 Å². The second-order valence-electron chi connectivity index (χ2n) is 13.7. The number of hydrogen-bond donors (Lipinski definition) is 1.